The molecule has 0 spiro atoms. The molecule has 5 heteroatoms. The van der Waals surface area contributed by atoms with E-state index >= 15 is 0 Å². The molecule has 1 atom stereocenters. The molecule has 1 rings (SSSR count). The van der Waals surface area contributed by atoms with Crippen LogP contribution in [0.3, 0.4) is 0 Å². The van der Waals surface area contributed by atoms with E-state index in [9.17, 15) is 4.79 Å². The van der Waals surface area contributed by atoms with Crippen LogP contribution in [-0.4, -0.2) is 38.0 Å². The molecule has 0 radical (unpaired) electrons. The number of nitrogens with two attached hydrogens (primary N) is 1. The minimum Gasteiger partial charge on any atom is -0.370 e. The average molecular weight is 254 g/mol. The van der Waals surface area contributed by atoms with Crippen molar-refractivity contribution in [3.05, 3.63) is 30.3 Å². The zero-order valence-corrected chi connectivity index (χ0v) is 10.7. The summed E-state index contributed by atoms with van der Waals surface area (Å²) in [6, 6.07) is 10.1. The van der Waals surface area contributed by atoms with E-state index in [4.69, 9.17) is 10.5 Å². The van der Waals surface area contributed by atoms with E-state index in [1.54, 1.807) is 11.8 Å². The summed E-state index contributed by atoms with van der Waals surface area (Å²) in [6.07, 6.45) is -0.545. The number of carbonyl (C=O) groups excluding carboxylic acids is 1. The van der Waals surface area contributed by atoms with Crippen molar-refractivity contribution in [2.45, 2.75) is 11.0 Å². The van der Waals surface area contributed by atoms with Gasteiger partial charge in [-0.2, -0.15) is 0 Å². The van der Waals surface area contributed by atoms with E-state index in [-0.39, 0.29) is 12.5 Å². The van der Waals surface area contributed by atoms with Crippen molar-refractivity contribution in [1.29, 1.82) is 0 Å². The zero-order valence-electron chi connectivity index (χ0n) is 9.89. The van der Waals surface area contributed by atoms with E-state index in [2.05, 4.69) is 5.32 Å². The lowest BCUT2D eigenvalue weighted by atomic mass is 10.3. The fraction of sp³-hybridized carbons (Fsp3) is 0.417. The maximum atomic E-state index is 11.5. The largest absolute Gasteiger partial charge is 0.370 e. The monoisotopic (exact) mass is 254 g/mol. The Morgan fingerprint density at radius 1 is 1.47 bits per heavy atom. The van der Waals surface area contributed by atoms with Crippen LogP contribution < -0.4 is 11.1 Å². The second kappa shape index (κ2) is 8.11. The Bertz CT molecular complexity index is 329. The molecule has 0 fully saturated rings. The number of rotatable bonds is 7. The van der Waals surface area contributed by atoms with Crippen molar-refractivity contribution >= 4 is 17.7 Å². The molecule has 0 aliphatic heterocycles. The molecule has 0 heterocycles. The van der Waals surface area contributed by atoms with Gasteiger partial charge in [-0.15, -0.1) is 11.8 Å². The molecule has 0 aliphatic carbocycles. The Hall–Kier alpha value is -1.04. The van der Waals surface area contributed by atoms with Crippen LogP contribution in [0.5, 0.6) is 0 Å². The first kappa shape index (κ1) is 14.0. The normalized spacial score (nSPS) is 12.1. The highest BCUT2D eigenvalue weighted by atomic mass is 32.2. The highest BCUT2D eigenvalue weighted by Crippen LogP contribution is 2.15. The second-order valence-corrected chi connectivity index (χ2v) is 4.58. The first-order valence-electron chi connectivity index (χ1n) is 5.46. The van der Waals surface area contributed by atoms with Gasteiger partial charge in [0, 0.05) is 30.8 Å². The Kier molecular flexibility index (Phi) is 6.69. The molecule has 1 aromatic carbocycles. The minimum atomic E-state index is -0.545. The van der Waals surface area contributed by atoms with Crippen molar-refractivity contribution in [3.63, 3.8) is 0 Å². The molecule has 0 saturated heterocycles. The number of thioether (sulfide) groups is 1. The topological polar surface area (TPSA) is 64.3 Å². The lowest BCUT2D eigenvalue weighted by Crippen LogP contribution is -2.41. The fourth-order valence-electron chi connectivity index (χ4n) is 1.28. The summed E-state index contributed by atoms with van der Waals surface area (Å²) >= 11 is 1.70. The molecule has 94 valence electrons. The summed E-state index contributed by atoms with van der Waals surface area (Å²) in [7, 11) is 1.48. The van der Waals surface area contributed by atoms with E-state index < -0.39 is 6.10 Å². The standard InChI is InChI=1S/C12H18N2O2S/c1-16-11(9-13)12(15)14-7-8-17-10-5-3-2-4-6-10/h2-6,11H,7-9,13H2,1H3,(H,14,15). The Morgan fingerprint density at radius 2 is 2.18 bits per heavy atom. The van der Waals surface area contributed by atoms with E-state index in [1.807, 2.05) is 30.3 Å². The number of benzene rings is 1. The lowest BCUT2D eigenvalue weighted by molar-refractivity contribution is -0.130. The van der Waals surface area contributed by atoms with Gasteiger partial charge in [-0.1, -0.05) is 18.2 Å². The smallest absolute Gasteiger partial charge is 0.250 e. The number of hydrogen-bond acceptors (Lipinski definition) is 4. The summed E-state index contributed by atoms with van der Waals surface area (Å²) in [4.78, 5) is 12.7. The van der Waals surface area contributed by atoms with Crippen LogP contribution >= 0.6 is 11.8 Å². The molecule has 0 saturated carbocycles. The number of methoxy groups -OCH3 is 1. The predicted octanol–water partition coefficient (Wildman–Crippen LogP) is 0.869. The third-order valence-electron chi connectivity index (χ3n) is 2.20. The summed E-state index contributed by atoms with van der Waals surface area (Å²) < 4.78 is 4.93. The first-order chi connectivity index (χ1) is 8.27. The predicted molar refractivity (Wildman–Crippen MR) is 70.0 cm³/mol. The van der Waals surface area contributed by atoms with Gasteiger partial charge in [0.25, 0.3) is 0 Å². The summed E-state index contributed by atoms with van der Waals surface area (Å²) in [5.74, 6) is 0.681. The van der Waals surface area contributed by atoms with Crippen molar-refractivity contribution in [2.24, 2.45) is 5.73 Å². The van der Waals surface area contributed by atoms with Crippen LogP contribution in [0.15, 0.2) is 35.2 Å². The number of hydrogen-bond donors (Lipinski definition) is 2. The highest BCUT2D eigenvalue weighted by molar-refractivity contribution is 7.99. The number of amides is 1. The maximum Gasteiger partial charge on any atom is 0.250 e. The maximum absolute atomic E-state index is 11.5. The van der Waals surface area contributed by atoms with Crippen molar-refractivity contribution in [1.82, 2.24) is 5.32 Å². The molecular weight excluding hydrogens is 236 g/mol. The van der Waals surface area contributed by atoms with Gasteiger partial charge in [0.15, 0.2) is 0 Å². The molecule has 4 nitrogen and oxygen atoms in total. The van der Waals surface area contributed by atoms with Gasteiger partial charge in [0.1, 0.15) is 6.10 Å². The van der Waals surface area contributed by atoms with Gasteiger partial charge in [-0.3, -0.25) is 4.79 Å². The number of carbonyl (C=O) groups is 1. The minimum absolute atomic E-state index is 0.149. The second-order valence-electron chi connectivity index (χ2n) is 3.41. The molecule has 1 unspecified atom stereocenters. The van der Waals surface area contributed by atoms with E-state index in [0.717, 1.165) is 5.75 Å². The summed E-state index contributed by atoms with van der Waals surface area (Å²) in [5, 5.41) is 2.79. The van der Waals surface area contributed by atoms with Gasteiger partial charge in [0.2, 0.25) is 5.91 Å². The molecule has 3 N–H and O–H groups in total. The Labute approximate surface area is 106 Å². The quantitative estimate of drug-likeness (QED) is 0.560. The van der Waals surface area contributed by atoms with Gasteiger partial charge >= 0.3 is 0 Å². The molecule has 17 heavy (non-hydrogen) atoms. The third kappa shape index (κ3) is 5.21. The third-order valence-corrected chi connectivity index (χ3v) is 3.22. The molecule has 1 aromatic rings. The van der Waals surface area contributed by atoms with Crippen LogP contribution in [0.2, 0.25) is 0 Å². The van der Waals surface area contributed by atoms with Crippen LogP contribution in [-0.2, 0) is 9.53 Å². The number of ether oxygens (including phenoxy) is 1. The lowest BCUT2D eigenvalue weighted by Gasteiger charge is -2.12. The zero-order chi connectivity index (χ0) is 12.5. The van der Waals surface area contributed by atoms with Crippen molar-refractivity contribution < 1.29 is 9.53 Å². The first-order valence-corrected chi connectivity index (χ1v) is 6.45. The van der Waals surface area contributed by atoms with Crippen LogP contribution in [0.25, 0.3) is 0 Å². The van der Waals surface area contributed by atoms with Crippen molar-refractivity contribution in [2.75, 3.05) is 26.0 Å². The SMILES string of the molecule is COC(CN)C(=O)NCCSc1ccccc1. The van der Waals surface area contributed by atoms with E-state index in [0.29, 0.717) is 6.54 Å². The summed E-state index contributed by atoms with van der Waals surface area (Å²) in [6.45, 7) is 0.812. The highest BCUT2D eigenvalue weighted by Gasteiger charge is 2.14. The molecular formula is C12H18N2O2S. The Balaban J connectivity index is 2.18. The molecule has 0 aromatic heterocycles. The van der Waals surface area contributed by atoms with Crippen LogP contribution in [0, 0.1) is 0 Å². The van der Waals surface area contributed by atoms with Gasteiger partial charge in [0.05, 0.1) is 0 Å². The molecule has 0 aliphatic rings. The van der Waals surface area contributed by atoms with Gasteiger partial charge in [-0.05, 0) is 12.1 Å². The van der Waals surface area contributed by atoms with Crippen LogP contribution in [0.4, 0.5) is 0 Å². The Morgan fingerprint density at radius 3 is 2.76 bits per heavy atom. The van der Waals surface area contributed by atoms with Crippen molar-refractivity contribution in [3.8, 4) is 0 Å². The van der Waals surface area contributed by atoms with E-state index in [1.165, 1.54) is 12.0 Å². The summed E-state index contributed by atoms with van der Waals surface area (Å²) in [5.41, 5.74) is 5.39. The average Bonchev–Trinajstić information content (AvgIpc) is 2.37. The number of nitrogens with one attached hydrogen (secondary N) is 1. The molecule has 0 bridgehead atoms. The molecule has 1 amide bonds. The fourth-order valence-corrected chi connectivity index (χ4v) is 2.07. The van der Waals surface area contributed by atoms with Gasteiger partial charge in [-0.25, -0.2) is 0 Å². The van der Waals surface area contributed by atoms with Gasteiger partial charge < -0.3 is 15.8 Å². The van der Waals surface area contributed by atoms with Crippen LogP contribution in [0.1, 0.15) is 0 Å².